The summed E-state index contributed by atoms with van der Waals surface area (Å²) < 4.78 is 10.8. The van der Waals surface area contributed by atoms with Gasteiger partial charge < -0.3 is 19.3 Å². The molecular weight excluding hydrogens is 356 g/mol. The number of amidine groups is 2. The number of hydrogen-bond acceptors (Lipinski definition) is 6. The van der Waals surface area contributed by atoms with E-state index in [1.165, 1.54) is 0 Å². The van der Waals surface area contributed by atoms with Gasteiger partial charge in [0.05, 0.1) is 14.2 Å². The number of methoxy groups -OCH3 is 2. The summed E-state index contributed by atoms with van der Waals surface area (Å²) >= 11 is 3.56. The number of ether oxygens (including phenoxy) is 2. The summed E-state index contributed by atoms with van der Waals surface area (Å²) in [7, 11) is 7.45. The van der Waals surface area contributed by atoms with Crippen molar-refractivity contribution >= 4 is 33.9 Å². The smallest absolute Gasteiger partial charge is 0.170 e. The van der Waals surface area contributed by atoms with Crippen molar-refractivity contribution in [3.05, 3.63) is 23.8 Å². The Labute approximate surface area is 157 Å². The lowest BCUT2D eigenvalue weighted by atomic mass is 10.1. The van der Waals surface area contributed by atoms with Crippen molar-refractivity contribution in [1.29, 1.82) is 0 Å². The molecule has 25 heavy (non-hydrogen) atoms. The second kappa shape index (κ2) is 8.23. The highest BCUT2D eigenvalue weighted by Gasteiger charge is 2.22. The first kappa shape index (κ1) is 18.3. The highest BCUT2D eigenvalue weighted by atomic mass is 32.2. The molecule has 0 N–H and O–H groups in total. The van der Waals surface area contributed by atoms with Crippen LogP contribution in [0.5, 0.6) is 11.5 Å². The molecule has 1 aromatic carbocycles. The summed E-state index contributed by atoms with van der Waals surface area (Å²) in [5.74, 6) is 3.55. The van der Waals surface area contributed by atoms with Crippen LogP contribution in [-0.4, -0.2) is 73.0 Å². The van der Waals surface area contributed by atoms with E-state index < -0.39 is 0 Å². The van der Waals surface area contributed by atoms with E-state index in [2.05, 4.69) is 23.9 Å². The Morgan fingerprint density at radius 3 is 1.92 bits per heavy atom. The van der Waals surface area contributed by atoms with E-state index >= 15 is 0 Å². The third kappa shape index (κ3) is 4.17. The molecule has 0 aromatic heterocycles. The van der Waals surface area contributed by atoms with Crippen molar-refractivity contribution < 1.29 is 9.47 Å². The van der Waals surface area contributed by atoms with Gasteiger partial charge in [-0.25, -0.2) is 9.98 Å². The lowest BCUT2D eigenvalue weighted by molar-refractivity contribution is 0.354. The Kier molecular flexibility index (Phi) is 6.01. The minimum absolute atomic E-state index is 0.286. The minimum atomic E-state index is -0.286. The van der Waals surface area contributed by atoms with Crippen LogP contribution in [0.1, 0.15) is 11.7 Å². The van der Waals surface area contributed by atoms with Crippen molar-refractivity contribution in [2.45, 2.75) is 6.17 Å². The predicted molar refractivity (Wildman–Crippen MR) is 107 cm³/mol. The van der Waals surface area contributed by atoms with Crippen molar-refractivity contribution in [2.75, 3.05) is 52.9 Å². The van der Waals surface area contributed by atoms with E-state index in [1.54, 1.807) is 37.7 Å². The SMILES string of the molecule is COc1ccc(C(/N=C2\SCCN2C)/N=C2\SCCN2C)cc1OC. The van der Waals surface area contributed by atoms with Gasteiger partial charge in [-0.15, -0.1) is 0 Å². The number of benzene rings is 1. The molecule has 1 aromatic rings. The maximum absolute atomic E-state index is 5.46. The largest absolute Gasteiger partial charge is 0.493 e. The van der Waals surface area contributed by atoms with Crippen LogP contribution >= 0.6 is 23.5 Å². The van der Waals surface area contributed by atoms with Crippen LogP contribution in [-0.2, 0) is 0 Å². The first-order valence-corrected chi connectivity index (χ1v) is 10.1. The zero-order valence-corrected chi connectivity index (χ0v) is 16.7. The third-order valence-corrected chi connectivity index (χ3v) is 6.26. The molecule has 2 aliphatic heterocycles. The number of aliphatic imine (C=N–C) groups is 2. The molecule has 2 fully saturated rings. The molecule has 0 atom stereocenters. The number of nitrogens with zero attached hydrogens (tertiary/aromatic N) is 4. The summed E-state index contributed by atoms with van der Waals surface area (Å²) in [5.41, 5.74) is 0.999. The Morgan fingerprint density at radius 2 is 1.48 bits per heavy atom. The zero-order chi connectivity index (χ0) is 17.8. The first-order valence-electron chi connectivity index (χ1n) is 8.17. The number of rotatable bonds is 5. The molecule has 0 unspecified atom stereocenters. The van der Waals surface area contributed by atoms with E-state index in [-0.39, 0.29) is 6.17 Å². The maximum atomic E-state index is 5.46. The molecule has 2 saturated heterocycles. The van der Waals surface area contributed by atoms with Gasteiger partial charge in [0.2, 0.25) is 0 Å². The van der Waals surface area contributed by atoms with Crippen molar-refractivity contribution in [2.24, 2.45) is 9.98 Å². The van der Waals surface area contributed by atoms with Crippen LogP contribution in [0, 0.1) is 0 Å². The van der Waals surface area contributed by atoms with Crippen LogP contribution in [0.2, 0.25) is 0 Å². The first-order chi connectivity index (χ1) is 12.1. The molecule has 0 saturated carbocycles. The third-order valence-electron chi connectivity index (χ3n) is 4.14. The Hall–Kier alpha value is -1.54. The zero-order valence-electron chi connectivity index (χ0n) is 15.1. The standard InChI is InChI=1S/C17H24N4O2S2/c1-20-7-9-24-16(20)18-15(19-17-21(2)8-10-25-17)12-5-6-13(22-3)14(11-12)23-4/h5-6,11,15H,7-10H2,1-4H3/b18-16-,19-17-. The lowest BCUT2D eigenvalue weighted by Gasteiger charge is -2.18. The molecule has 136 valence electrons. The second-order valence-electron chi connectivity index (χ2n) is 5.85. The molecule has 2 heterocycles. The van der Waals surface area contributed by atoms with Gasteiger partial charge in [-0.1, -0.05) is 29.6 Å². The fraction of sp³-hybridized carbons (Fsp3) is 0.529. The van der Waals surface area contributed by atoms with Gasteiger partial charge >= 0.3 is 0 Å². The topological polar surface area (TPSA) is 49.7 Å². The Balaban J connectivity index is 1.98. The van der Waals surface area contributed by atoms with Crippen LogP contribution < -0.4 is 9.47 Å². The van der Waals surface area contributed by atoms with Gasteiger partial charge in [-0.3, -0.25) is 0 Å². The summed E-state index contributed by atoms with van der Waals surface area (Å²) in [6.45, 7) is 2.04. The molecule has 0 spiro atoms. The van der Waals surface area contributed by atoms with E-state index in [0.29, 0.717) is 11.5 Å². The lowest BCUT2D eigenvalue weighted by Crippen LogP contribution is -2.21. The van der Waals surface area contributed by atoms with Gasteiger partial charge in [0.1, 0.15) is 0 Å². The summed E-state index contributed by atoms with van der Waals surface area (Å²) in [5, 5.41) is 2.07. The van der Waals surface area contributed by atoms with Gasteiger partial charge in [-0.05, 0) is 12.1 Å². The normalized spacial score (nSPS) is 21.0. The summed E-state index contributed by atoms with van der Waals surface area (Å²) in [4.78, 5) is 14.2. The summed E-state index contributed by atoms with van der Waals surface area (Å²) in [6, 6.07) is 5.90. The van der Waals surface area contributed by atoms with Crippen molar-refractivity contribution in [1.82, 2.24) is 9.80 Å². The molecule has 0 radical (unpaired) electrons. The van der Waals surface area contributed by atoms with Crippen LogP contribution in [0.4, 0.5) is 0 Å². The quantitative estimate of drug-likeness (QED) is 0.783. The van der Waals surface area contributed by atoms with Crippen LogP contribution in [0.15, 0.2) is 28.2 Å². The molecule has 2 aliphatic rings. The fourth-order valence-electron chi connectivity index (χ4n) is 2.63. The molecule has 0 amide bonds. The highest BCUT2D eigenvalue weighted by Crippen LogP contribution is 2.34. The highest BCUT2D eigenvalue weighted by molar-refractivity contribution is 8.14. The molecule has 0 bridgehead atoms. The van der Waals surface area contributed by atoms with E-state index in [4.69, 9.17) is 19.5 Å². The van der Waals surface area contributed by atoms with Crippen molar-refractivity contribution in [3.63, 3.8) is 0 Å². The van der Waals surface area contributed by atoms with Gasteiger partial charge in [0, 0.05) is 44.3 Å². The van der Waals surface area contributed by atoms with E-state index in [0.717, 1.165) is 40.5 Å². The predicted octanol–water partition coefficient (Wildman–Crippen LogP) is 2.77. The molecular formula is C17H24N4O2S2. The molecule has 0 aliphatic carbocycles. The average Bonchev–Trinajstić information content (AvgIpc) is 3.22. The van der Waals surface area contributed by atoms with Gasteiger partial charge in [-0.2, -0.15) is 0 Å². The van der Waals surface area contributed by atoms with Gasteiger partial charge in [0.15, 0.2) is 28.0 Å². The Morgan fingerprint density at radius 1 is 0.920 bits per heavy atom. The monoisotopic (exact) mass is 380 g/mol. The summed E-state index contributed by atoms with van der Waals surface area (Å²) in [6.07, 6.45) is -0.286. The van der Waals surface area contributed by atoms with Crippen LogP contribution in [0.25, 0.3) is 0 Å². The Bertz CT molecular complexity index is 651. The van der Waals surface area contributed by atoms with E-state index in [1.807, 2.05) is 18.2 Å². The second-order valence-corrected chi connectivity index (χ2v) is 7.98. The fourth-order valence-corrected chi connectivity index (χ4v) is 4.70. The average molecular weight is 381 g/mol. The van der Waals surface area contributed by atoms with Crippen LogP contribution in [0.3, 0.4) is 0 Å². The molecule has 6 nitrogen and oxygen atoms in total. The van der Waals surface area contributed by atoms with E-state index in [9.17, 15) is 0 Å². The minimum Gasteiger partial charge on any atom is -0.493 e. The number of thioether (sulfide) groups is 2. The van der Waals surface area contributed by atoms with Crippen molar-refractivity contribution in [3.8, 4) is 11.5 Å². The number of hydrogen-bond donors (Lipinski definition) is 0. The van der Waals surface area contributed by atoms with Gasteiger partial charge in [0.25, 0.3) is 0 Å². The molecule has 3 rings (SSSR count). The maximum Gasteiger partial charge on any atom is 0.170 e. The molecule has 8 heteroatoms.